The van der Waals surface area contributed by atoms with Crippen LogP contribution < -0.4 is 0 Å². The molecule has 0 fully saturated rings. The molecular weight excluding hydrogens is 282 g/mol. The topological polar surface area (TPSA) is 3.24 Å². The molecule has 1 nitrogen and oxygen atoms in total. The lowest BCUT2D eigenvalue weighted by Gasteiger charge is -2.19. The highest BCUT2D eigenvalue weighted by Gasteiger charge is 2.05. The quantitative estimate of drug-likeness (QED) is 0.718. The van der Waals surface area contributed by atoms with Gasteiger partial charge in [0.25, 0.3) is 0 Å². The number of hydrogen-bond acceptors (Lipinski definition) is 2. The van der Waals surface area contributed by atoms with E-state index >= 15 is 0 Å². The van der Waals surface area contributed by atoms with Gasteiger partial charge in [-0.15, -0.1) is 22.9 Å². The maximum atomic E-state index is 5.76. The summed E-state index contributed by atoms with van der Waals surface area (Å²) < 4.78 is 1.18. The van der Waals surface area contributed by atoms with Crippen LogP contribution in [0.1, 0.15) is 18.2 Å². The monoisotopic (exact) mass is 295 g/mol. The molecule has 1 heterocycles. The molecule has 0 aliphatic rings. The van der Waals surface area contributed by atoms with Gasteiger partial charge < -0.3 is 0 Å². The first-order valence-corrected chi connectivity index (χ1v) is 6.98. The summed E-state index contributed by atoms with van der Waals surface area (Å²) in [4.78, 5) is 3.79. The van der Waals surface area contributed by atoms with E-state index in [1.54, 1.807) is 11.3 Å². The second-order valence-electron chi connectivity index (χ2n) is 3.20. The highest BCUT2D eigenvalue weighted by Crippen LogP contribution is 2.21. The smallest absolute Gasteiger partial charge is 0.0351 e. The van der Waals surface area contributed by atoms with Crippen molar-refractivity contribution >= 4 is 38.9 Å². The molecule has 0 aromatic carbocycles. The Morgan fingerprint density at radius 2 is 2.29 bits per heavy atom. The Morgan fingerprint density at radius 1 is 1.50 bits per heavy atom. The summed E-state index contributed by atoms with van der Waals surface area (Å²) in [5, 5.41) is 2.13. The predicted octanol–water partition coefficient (Wildman–Crippen LogP) is 3.96. The fraction of sp³-hybridized carbons (Fsp3) is 0.600. The van der Waals surface area contributed by atoms with Crippen LogP contribution in [0.15, 0.2) is 15.9 Å². The molecule has 0 N–H and O–H groups in total. The first kappa shape index (κ1) is 12.5. The summed E-state index contributed by atoms with van der Waals surface area (Å²) in [7, 11) is 0. The van der Waals surface area contributed by atoms with Crippen molar-refractivity contribution in [2.45, 2.75) is 19.9 Å². The lowest BCUT2D eigenvalue weighted by Crippen LogP contribution is -2.25. The number of alkyl halides is 1. The third-order valence-corrected chi connectivity index (χ3v) is 3.79. The fourth-order valence-corrected chi connectivity index (χ4v) is 3.09. The first-order valence-electron chi connectivity index (χ1n) is 4.77. The molecule has 14 heavy (non-hydrogen) atoms. The summed E-state index contributed by atoms with van der Waals surface area (Å²) in [5.74, 6) is 0.715. The molecule has 80 valence electrons. The summed E-state index contributed by atoms with van der Waals surface area (Å²) in [6.45, 7) is 5.33. The molecule has 1 aromatic heterocycles. The second kappa shape index (κ2) is 6.83. The van der Waals surface area contributed by atoms with E-state index in [1.165, 1.54) is 15.8 Å². The maximum Gasteiger partial charge on any atom is 0.0351 e. The van der Waals surface area contributed by atoms with E-state index in [9.17, 15) is 0 Å². The van der Waals surface area contributed by atoms with E-state index in [1.807, 2.05) is 0 Å². The van der Waals surface area contributed by atoms with Gasteiger partial charge in [0.1, 0.15) is 0 Å². The van der Waals surface area contributed by atoms with Crippen LogP contribution in [0.2, 0.25) is 0 Å². The van der Waals surface area contributed by atoms with Gasteiger partial charge in [-0.1, -0.05) is 6.92 Å². The average Bonchev–Trinajstić information content (AvgIpc) is 2.52. The molecule has 0 saturated carbocycles. The van der Waals surface area contributed by atoms with E-state index in [-0.39, 0.29) is 0 Å². The molecule has 0 radical (unpaired) electrons. The molecule has 0 unspecified atom stereocenters. The van der Waals surface area contributed by atoms with Crippen LogP contribution in [-0.2, 0) is 6.54 Å². The van der Waals surface area contributed by atoms with Gasteiger partial charge in [-0.2, -0.15) is 0 Å². The Balaban J connectivity index is 2.46. The van der Waals surface area contributed by atoms with Crippen molar-refractivity contribution in [3.8, 4) is 0 Å². The Kier molecular flexibility index (Phi) is 6.10. The van der Waals surface area contributed by atoms with Gasteiger partial charge in [0.2, 0.25) is 0 Å². The minimum Gasteiger partial charge on any atom is -0.297 e. The van der Waals surface area contributed by atoms with Crippen LogP contribution in [0.25, 0.3) is 0 Å². The number of nitrogens with zero attached hydrogens (tertiary/aromatic N) is 1. The Labute approximate surface area is 103 Å². The van der Waals surface area contributed by atoms with Crippen LogP contribution in [0.4, 0.5) is 0 Å². The van der Waals surface area contributed by atoms with Crippen molar-refractivity contribution in [1.29, 1.82) is 0 Å². The number of hydrogen-bond donors (Lipinski definition) is 0. The summed E-state index contributed by atoms with van der Waals surface area (Å²) in [6, 6.07) is 2.18. The molecule has 1 rings (SSSR count). The Hall–Kier alpha value is 0.430. The van der Waals surface area contributed by atoms with E-state index in [4.69, 9.17) is 11.6 Å². The lowest BCUT2D eigenvalue weighted by molar-refractivity contribution is 0.285. The summed E-state index contributed by atoms with van der Waals surface area (Å²) in [5.41, 5.74) is 0. The van der Waals surface area contributed by atoms with Gasteiger partial charge in [-0.05, 0) is 35.0 Å². The molecule has 0 saturated heterocycles. The number of thiophene rings is 1. The van der Waals surface area contributed by atoms with Gasteiger partial charge in [0.05, 0.1) is 0 Å². The van der Waals surface area contributed by atoms with Gasteiger partial charge in [-0.3, -0.25) is 4.90 Å². The van der Waals surface area contributed by atoms with Crippen molar-refractivity contribution in [3.05, 3.63) is 20.8 Å². The Bertz CT molecular complexity index is 258. The molecular formula is C10H15BrClNS. The fourth-order valence-electron chi connectivity index (χ4n) is 1.36. The second-order valence-corrected chi connectivity index (χ2v) is 5.49. The maximum absolute atomic E-state index is 5.76. The van der Waals surface area contributed by atoms with E-state index in [0.717, 1.165) is 19.6 Å². The normalized spacial score (nSPS) is 11.1. The third kappa shape index (κ3) is 4.30. The van der Waals surface area contributed by atoms with Crippen molar-refractivity contribution in [2.24, 2.45) is 0 Å². The SMILES string of the molecule is CCCN(CCCl)Cc1cc(Br)cs1. The Morgan fingerprint density at radius 3 is 2.79 bits per heavy atom. The van der Waals surface area contributed by atoms with Crippen molar-refractivity contribution in [2.75, 3.05) is 19.0 Å². The largest absolute Gasteiger partial charge is 0.297 e. The van der Waals surface area contributed by atoms with Crippen molar-refractivity contribution in [3.63, 3.8) is 0 Å². The summed E-state index contributed by atoms with van der Waals surface area (Å²) >= 11 is 11.0. The molecule has 1 aromatic rings. The van der Waals surface area contributed by atoms with Gasteiger partial charge in [0.15, 0.2) is 0 Å². The molecule has 0 aliphatic heterocycles. The van der Waals surface area contributed by atoms with Gasteiger partial charge in [0, 0.05) is 33.7 Å². The van der Waals surface area contributed by atoms with Crippen molar-refractivity contribution < 1.29 is 0 Å². The molecule has 0 atom stereocenters. The zero-order valence-electron chi connectivity index (χ0n) is 8.30. The zero-order chi connectivity index (χ0) is 10.4. The van der Waals surface area contributed by atoms with E-state index < -0.39 is 0 Å². The van der Waals surface area contributed by atoms with Crippen LogP contribution >= 0.6 is 38.9 Å². The number of halogens is 2. The van der Waals surface area contributed by atoms with Crippen LogP contribution in [0.5, 0.6) is 0 Å². The number of rotatable bonds is 6. The highest BCUT2D eigenvalue weighted by molar-refractivity contribution is 9.10. The molecule has 4 heteroatoms. The summed E-state index contributed by atoms with van der Waals surface area (Å²) in [6.07, 6.45) is 1.18. The van der Waals surface area contributed by atoms with Crippen LogP contribution in [-0.4, -0.2) is 23.9 Å². The standard InChI is InChI=1S/C10H15BrClNS/c1-2-4-13(5-3-12)7-10-6-9(11)8-14-10/h6,8H,2-5,7H2,1H3. The van der Waals surface area contributed by atoms with Crippen LogP contribution in [0.3, 0.4) is 0 Å². The lowest BCUT2D eigenvalue weighted by atomic mass is 10.3. The molecule has 0 aliphatic carbocycles. The molecule has 0 bridgehead atoms. The third-order valence-electron chi connectivity index (χ3n) is 1.94. The predicted molar refractivity (Wildman–Crippen MR) is 68.3 cm³/mol. The molecule has 0 amide bonds. The minimum absolute atomic E-state index is 0.715. The first-order chi connectivity index (χ1) is 6.76. The van der Waals surface area contributed by atoms with Gasteiger partial charge in [-0.25, -0.2) is 0 Å². The molecule has 0 spiro atoms. The van der Waals surface area contributed by atoms with Crippen LogP contribution in [0, 0.1) is 0 Å². The van der Waals surface area contributed by atoms with Gasteiger partial charge >= 0.3 is 0 Å². The highest BCUT2D eigenvalue weighted by atomic mass is 79.9. The van der Waals surface area contributed by atoms with Crippen molar-refractivity contribution in [1.82, 2.24) is 4.90 Å². The van der Waals surface area contributed by atoms with E-state index in [0.29, 0.717) is 5.88 Å². The minimum atomic E-state index is 0.715. The average molecular weight is 297 g/mol. The van der Waals surface area contributed by atoms with E-state index in [2.05, 4.69) is 39.2 Å². The zero-order valence-corrected chi connectivity index (χ0v) is 11.5.